The van der Waals surface area contributed by atoms with Crippen molar-refractivity contribution in [3.8, 4) is 0 Å². The third-order valence-electron chi connectivity index (χ3n) is 3.24. The number of hydrogen-bond acceptors (Lipinski definition) is 3. The summed E-state index contributed by atoms with van der Waals surface area (Å²) in [4.78, 5) is 13.2. The molecular weight excluding hydrogens is 190 g/mol. The van der Waals surface area contributed by atoms with Crippen molar-refractivity contribution in [2.75, 3.05) is 19.6 Å². The summed E-state index contributed by atoms with van der Waals surface area (Å²) in [5.41, 5.74) is 10.9. The summed E-state index contributed by atoms with van der Waals surface area (Å²) >= 11 is 0. The van der Waals surface area contributed by atoms with Gasteiger partial charge in [-0.05, 0) is 25.3 Å². The lowest BCUT2D eigenvalue weighted by Gasteiger charge is -2.25. The zero-order chi connectivity index (χ0) is 11.3. The molecule has 0 aromatic rings. The molecule has 1 fully saturated rings. The van der Waals surface area contributed by atoms with Gasteiger partial charge in [0, 0.05) is 25.6 Å². The number of nitrogens with zero attached hydrogens (tertiary/aromatic N) is 1. The Morgan fingerprint density at radius 2 is 2.33 bits per heavy atom. The van der Waals surface area contributed by atoms with Gasteiger partial charge in [0.15, 0.2) is 0 Å². The lowest BCUT2D eigenvalue weighted by molar-refractivity contribution is -0.119. The molecule has 0 aliphatic carbocycles. The molecule has 0 bridgehead atoms. The van der Waals surface area contributed by atoms with Crippen LogP contribution in [0.5, 0.6) is 0 Å². The standard InChI is InChI=1S/C11H23N3O/c1-2-3-9-4-5-14(8-9)10(7-12)6-11(13)15/h9-10H,2-8,12H2,1H3,(H2,13,15). The van der Waals surface area contributed by atoms with Gasteiger partial charge >= 0.3 is 0 Å². The molecule has 1 aliphatic rings. The zero-order valence-corrected chi connectivity index (χ0v) is 9.61. The Morgan fingerprint density at radius 1 is 1.60 bits per heavy atom. The highest BCUT2D eigenvalue weighted by atomic mass is 16.1. The summed E-state index contributed by atoms with van der Waals surface area (Å²) < 4.78 is 0. The molecule has 1 heterocycles. The molecule has 2 atom stereocenters. The van der Waals surface area contributed by atoms with Crippen LogP contribution >= 0.6 is 0 Å². The van der Waals surface area contributed by atoms with Gasteiger partial charge in [0.1, 0.15) is 0 Å². The van der Waals surface area contributed by atoms with Crippen molar-refractivity contribution >= 4 is 5.91 Å². The van der Waals surface area contributed by atoms with Crippen LogP contribution in [0.25, 0.3) is 0 Å². The number of amides is 1. The maximum atomic E-state index is 10.9. The molecule has 0 saturated carbocycles. The van der Waals surface area contributed by atoms with E-state index in [1.54, 1.807) is 0 Å². The summed E-state index contributed by atoms with van der Waals surface area (Å²) in [5, 5.41) is 0. The van der Waals surface area contributed by atoms with E-state index < -0.39 is 0 Å². The van der Waals surface area contributed by atoms with Crippen LogP contribution in [0.3, 0.4) is 0 Å². The average molecular weight is 213 g/mol. The zero-order valence-electron chi connectivity index (χ0n) is 9.61. The lowest BCUT2D eigenvalue weighted by atomic mass is 10.0. The number of rotatable bonds is 6. The third-order valence-corrected chi connectivity index (χ3v) is 3.24. The van der Waals surface area contributed by atoms with E-state index in [4.69, 9.17) is 11.5 Å². The number of carbonyl (C=O) groups excluding carboxylic acids is 1. The van der Waals surface area contributed by atoms with Gasteiger partial charge in [0.05, 0.1) is 0 Å². The number of carbonyl (C=O) groups is 1. The second-order valence-electron chi connectivity index (χ2n) is 4.50. The van der Waals surface area contributed by atoms with Crippen molar-refractivity contribution < 1.29 is 4.79 Å². The molecule has 1 aliphatic heterocycles. The van der Waals surface area contributed by atoms with Crippen LogP contribution < -0.4 is 11.5 Å². The first-order valence-electron chi connectivity index (χ1n) is 5.89. The first-order chi connectivity index (χ1) is 7.17. The largest absolute Gasteiger partial charge is 0.370 e. The molecule has 0 spiro atoms. The Hall–Kier alpha value is -0.610. The van der Waals surface area contributed by atoms with Gasteiger partial charge in [-0.25, -0.2) is 0 Å². The van der Waals surface area contributed by atoms with E-state index in [0.29, 0.717) is 13.0 Å². The minimum atomic E-state index is -0.246. The van der Waals surface area contributed by atoms with E-state index in [0.717, 1.165) is 19.0 Å². The molecule has 88 valence electrons. The number of nitrogens with two attached hydrogens (primary N) is 2. The van der Waals surface area contributed by atoms with Gasteiger partial charge in [-0.15, -0.1) is 0 Å². The quantitative estimate of drug-likeness (QED) is 0.667. The van der Waals surface area contributed by atoms with Crippen molar-refractivity contribution in [1.29, 1.82) is 0 Å². The van der Waals surface area contributed by atoms with Crippen LogP contribution in [0.2, 0.25) is 0 Å². The van der Waals surface area contributed by atoms with Crippen molar-refractivity contribution in [2.45, 2.75) is 38.6 Å². The number of likely N-dealkylation sites (tertiary alicyclic amines) is 1. The van der Waals surface area contributed by atoms with Crippen LogP contribution in [0.1, 0.15) is 32.6 Å². The predicted octanol–water partition coefficient (Wildman–Crippen LogP) is 0.311. The smallest absolute Gasteiger partial charge is 0.219 e. The maximum Gasteiger partial charge on any atom is 0.219 e. The summed E-state index contributed by atoms with van der Waals surface area (Å²) in [6.07, 6.45) is 4.16. The Balaban J connectivity index is 2.39. The predicted molar refractivity (Wildman–Crippen MR) is 61.2 cm³/mol. The average Bonchev–Trinajstić information content (AvgIpc) is 2.63. The summed E-state index contributed by atoms with van der Waals surface area (Å²) in [6, 6.07) is 0.157. The topological polar surface area (TPSA) is 72.3 Å². The molecule has 4 heteroatoms. The van der Waals surface area contributed by atoms with Crippen LogP contribution in [-0.2, 0) is 4.79 Å². The van der Waals surface area contributed by atoms with Gasteiger partial charge < -0.3 is 11.5 Å². The van der Waals surface area contributed by atoms with Crippen LogP contribution in [0.4, 0.5) is 0 Å². The summed E-state index contributed by atoms with van der Waals surface area (Å²) in [6.45, 7) is 4.90. The van der Waals surface area contributed by atoms with Crippen molar-refractivity contribution in [2.24, 2.45) is 17.4 Å². The number of primary amides is 1. The Bertz CT molecular complexity index is 208. The highest BCUT2D eigenvalue weighted by Gasteiger charge is 2.27. The minimum absolute atomic E-state index is 0.157. The molecule has 2 unspecified atom stereocenters. The fraction of sp³-hybridized carbons (Fsp3) is 0.909. The first-order valence-corrected chi connectivity index (χ1v) is 5.89. The SMILES string of the molecule is CCCC1CCN(C(CN)CC(N)=O)C1. The summed E-state index contributed by atoms with van der Waals surface area (Å²) in [5.74, 6) is 0.543. The monoisotopic (exact) mass is 213 g/mol. The van der Waals surface area contributed by atoms with Gasteiger partial charge in [-0.3, -0.25) is 9.69 Å². The van der Waals surface area contributed by atoms with E-state index in [1.807, 2.05) is 0 Å². The molecule has 1 saturated heterocycles. The van der Waals surface area contributed by atoms with E-state index in [2.05, 4.69) is 11.8 Å². The molecule has 1 rings (SSSR count). The third kappa shape index (κ3) is 3.80. The number of hydrogen-bond donors (Lipinski definition) is 2. The van der Waals surface area contributed by atoms with Gasteiger partial charge in [-0.2, -0.15) is 0 Å². The summed E-state index contributed by atoms with van der Waals surface area (Å²) in [7, 11) is 0. The fourth-order valence-corrected chi connectivity index (χ4v) is 2.43. The Kier molecular flexibility index (Phi) is 5.05. The highest BCUT2D eigenvalue weighted by molar-refractivity contribution is 5.74. The Morgan fingerprint density at radius 3 is 2.87 bits per heavy atom. The highest BCUT2D eigenvalue weighted by Crippen LogP contribution is 2.23. The second kappa shape index (κ2) is 6.08. The minimum Gasteiger partial charge on any atom is -0.370 e. The molecule has 4 nitrogen and oxygen atoms in total. The van der Waals surface area contributed by atoms with E-state index in [1.165, 1.54) is 19.3 Å². The first kappa shape index (κ1) is 12.5. The molecule has 4 N–H and O–H groups in total. The maximum absolute atomic E-state index is 10.9. The molecule has 1 amide bonds. The van der Waals surface area contributed by atoms with Gasteiger partial charge in [-0.1, -0.05) is 13.3 Å². The van der Waals surface area contributed by atoms with Crippen molar-refractivity contribution in [3.63, 3.8) is 0 Å². The van der Waals surface area contributed by atoms with E-state index in [-0.39, 0.29) is 11.9 Å². The van der Waals surface area contributed by atoms with E-state index in [9.17, 15) is 4.79 Å². The normalized spacial score (nSPS) is 24.3. The Labute approximate surface area is 92.0 Å². The molecule has 0 aromatic carbocycles. The van der Waals surface area contributed by atoms with Crippen molar-refractivity contribution in [3.05, 3.63) is 0 Å². The van der Waals surface area contributed by atoms with E-state index >= 15 is 0 Å². The molecular formula is C11H23N3O. The second-order valence-corrected chi connectivity index (χ2v) is 4.50. The molecule has 0 radical (unpaired) electrons. The fourth-order valence-electron chi connectivity index (χ4n) is 2.43. The lowest BCUT2D eigenvalue weighted by Crippen LogP contribution is -2.41. The van der Waals surface area contributed by atoms with Crippen LogP contribution in [0.15, 0.2) is 0 Å². The van der Waals surface area contributed by atoms with Crippen LogP contribution in [-0.4, -0.2) is 36.5 Å². The molecule has 0 aromatic heterocycles. The van der Waals surface area contributed by atoms with Gasteiger partial charge in [0.2, 0.25) is 5.91 Å². The van der Waals surface area contributed by atoms with Crippen molar-refractivity contribution in [1.82, 2.24) is 4.90 Å². The molecule has 15 heavy (non-hydrogen) atoms. The van der Waals surface area contributed by atoms with Gasteiger partial charge in [0.25, 0.3) is 0 Å². The van der Waals surface area contributed by atoms with Crippen LogP contribution in [0, 0.1) is 5.92 Å².